The van der Waals surface area contributed by atoms with E-state index in [4.69, 9.17) is 0 Å². The molecule has 2 aromatic carbocycles. The lowest BCUT2D eigenvalue weighted by Gasteiger charge is -2.26. The summed E-state index contributed by atoms with van der Waals surface area (Å²) in [6, 6.07) is 13.5. The van der Waals surface area contributed by atoms with Gasteiger partial charge in [0.2, 0.25) is 0 Å². The zero-order valence-corrected chi connectivity index (χ0v) is 17.6. The largest absolute Gasteiger partial charge is 0.368 e. The number of pyridine rings is 2. The standard InChI is InChI=1S/C23H20N6O4/c30-28(31)18-6-8-20(22-16(18)4-1-10-24-22)26-12-3-13-27(15-14-26)21-9-7-19(29(32)33)17-5-2-11-25-23(17)21/h1-2,4-11H,3,12-15H2. The van der Waals surface area contributed by atoms with Crippen LogP contribution >= 0.6 is 0 Å². The molecule has 10 heteroatoms. The van der Waals surface area contributed by atoms with E-state index in [1.807, 2.05) is 0 Å². The van der Waals surface area contributed by atoms with Crippen LogP contribution in [0.4, 0.5) is 22.7 Å². The Hall–Kier alpha value is -4.34. The number of benzene rings is 2. The number of nitro benzene ring substituents is 2. The summed E-state index contributed by atoms with van der Waals surface area (Å²) >= 11 is 0. The fourth-order valence-electron chi connectivity index (χ4n) is 4.51. The topological polar surface area (TPSA) is 119 Å². The van der Waals surface area contributed by atoms with Crippen LogP contribution in [0.25, 0.3) is 21.8 Å². The van der Waals surface area contributed by atoms with Gasteiger partial charge >= 0.3 is 0 Å². The molecule has 2 aromatic heterocycles. The number of non-ortho nitro benzene ring substituents is 2. The minimum atomic E-state index is -0.384. The molecule has 1 aliphatic rings. The molecule has 0 atom stereocenters. The summed E-state index contributed by atoms with van der Waals surface area (Å²) in [7, 11) is 0. The molecule has 0 radical (unpaired) electrons. The Balaban J connectivity index is 1.48. The van der Waals surface area contributed by atoms with Gasteiger partial charge in [-0.15, -0.1) is 0 Å². The minimum absolute atomic E-state index is 0.0433. The third kappa shape index (κ3) is 3.65. The van der Waals surface area contributed by atoms with Gasteiger partial charge in [-0.3, -0.25) is 30.2 Å². The van der Waals surface area contributed by atoms with Crippen molar-refractivity contribution in [1.29, 1.82) is 0 Å². The number of hydrogen-bond donors (Lipinski definition) is 0. The van der Waals surface area contributed by atoms with E-state index in [1.54, 1.807) is 48.8 Å². The van der Waals surface area contributed by atoms with Crippen LogP contribution in [0.5, 0.6) is 0 Å². The van der Waals surface area contributed by atoms with E-state index < -0.39 is 0 Å². The third-order valence-electron chi connectivity index (χ3n) is 6.02. The molecule has 3 heterocycles. The number of rotatable bonds is 4. The van der Waals surface area contributed by atoms with Crippen LogP contribution in [0.3, 0.4) is 0 Å². The van der Waals surface area contributed by atoms with Gasteiger partial charge in [0, 0.05) is 50.7 Å². The molecule has 0 N–H and O–H groups in total. The van der Waals surface area contributed by atoms with E-state index >= 15 is 0 Å². The van der Waals surface area contributed by atoms with Gasteiger partial charge in [-0.25, -0.2) is 0 Å². The van der Waals surface area contributed by atoms with E-state index in [0.717, 1.165) is 30.9 Å². The van der Waals surface area contributed by atoms with Crippen LogP contribution < -0.4 is 9.80 Å². The summed E-state index contributed by atoms with van der Waals surface area (Å²) in [4.78, 5) is 35.4. The molecule has 4 aromatic rings. The van der Waals surface area contributed by atoms with Crippen LogP contribution in [-0.2, 0) is 0 Å². The fraction of sp³-hybridized carbons (Fsp3) is 0.217. The van der Waals surface area contributed by atoms with Gasteiger partial charge in [0.1, 0.15) is 11.0 Å². The van der Waals surface area contributed by atoms with Crippen molar-refractivity contribution in [1.82, 2.24) is 9.97 Å². The van der Waals surface area contributed by atoms with E-state index in [2.05, 4.69) is 19.8 Å². The number of aromatic nitrogens is 2. The highest BCUT2D eigenvalue weighted by Crippen LogP contribution is 2.35. The highest BCUT2D eigenvalue weighted by Gasteiger charge is 2.23. The first-order valence-electron chi connectivity index (χ1n) is 10.6. The predicted octanol–water partition coefficient (Wildman–Crippen LogP) is 4.32. The average molecular weight is 444 g/mol. The van der Waals surface area contributed by atoms with Gasteiger partial charge in [0.15, 0.2) is 0 Å². The Morgan fingerprint density at radius 1 is 0.667 bits per heavy atom. The molecule has 0 spiro atoms. The van der Waals surface area contributed by atoms with Gasteiger partial charge in [-0.2, -0.15) is 0 Å². The predicted molar refractivity (Wildman–Crippen MR) is 126 cm³/mol. The second-order valence-corrected chi connectivity index (χ2v) is 7.85. The lowest BCUT2D eigenvalue weighted by Crippen LogP contribution is -2.31. The van der Waals surface area contributed by atoms with Crippen molar-refractivity contribution in [3.63, 3.8) is 0 Å². The smallest absolute Gasteiger partial charge is 0.278 e. The van der Waals surface area contributed by atoms with Crippen LogP contribution in [-0.4, -0.2) is 46.0 Å². The first-order valence-corrected chi connectivity index (χ1v) is 10.6. The SMILES string of the molecule is O=[N+]([O-])c1ccc(N2CCCN(c3ccc([N+](=O)[O-])c4cccnc34)CC2)c2ncccc12. The van der Waals surface area contributed by atoms with Crippen molar-refractivity contribution >= 4 is 44.6 Å². The summed E-state index contributed by atoms with van der Waals surface area (Å²) in [5, 5.41) is 23.9. The zero-order valence-electron chi connectivity index (χ0n) is 17.6. The van der Waals surface area contributed by atoms with Crippen molar-refractivity contribution in [3.8, 4) is 0 Å². The maximum atomic E-state index is 11.4. The minimum Gasteiger partial charge on any atom is -0.368 e. The van der Waals surface area contributed by atoms with Gasteiger partial charge in [0.25, 0.3) is 11.4 Å². The molecule has 33 heavy (non-hydrogen) atoms. The Labute approximate surface area is 188 Å². The van der Waals surface area contributed by atoms with Crippen molar-refractivity contribution in [2.75, 3.05) is 36.0 Å². The van der Waals surface area contributed by atoms with Crippen LogP contribution in [0.2, 0.25) is 0 Å². The number of fused-ring (bicyclic) bond motifs is 2. The Kier molecular flexibility index (Phi) is 5.17. The molecular weight excluding hydrogens is 424 g/mol. The van der Waals surface area contributed by atoms with Gasteiger partial charge < -0.3 is 9.80 Å². The van der Waals surface area contributed by atoms with E-state index in [0.29, 0.717) is 34.9 Å². The summed E-state index contributed by atoms with van der Waals surface area (Å²) in [6.45, 7) is 2.88. The normalized spacial score (nSPS) is 14.4. The highest BCUT2D eigenvalue weighted by atomic mass is 16.6. The molecule has 0 aliphatic carbocycles. The summed E-state index contributed by atoms with van der Waals surface area (Å²) in [6.07, 6.45) is 4.14. The lowest BCUT2D eigenvalue weighted by molar-refractivity contribution is -0.383. The molecule has 0 amide bonds. The van der Waals surface area contributed by atoms with Gasteiger partial charge in [-0.1, -0.05) is 0 Å². The monoisotopic (exact) mass is 444 g/mol. The molecular formula is C23H20N6O4. The molecule has 1 aliphatic heterocycles. The fourth-order valence-corrected chi connectivity index (χ4v) is 4.51. The summed E-state index contributed by atoms with van der Waals surface area (Å²) in [5.74, 6) is 0. The molecule has 166 valence electrons. The summed E-state index contributed by atoms with van der Waals surface area (Å²) in [5.41, 5.74) is 3.04. The Bertz CT molecular complexity index is 1290. The number of nitro groups is 2. The van der Waals surface area contributed by atoms with Gasteiger partial charge in [-0.05, 0) is 42.8 Å². The van der Waals surface area contributed by atoms with Crippen LogP contribution in [0.15, 0.2) is 60.9 Å². The number of nitrogens with zero attached hydrogens (tertiary/aromatic N) is 6. The maximum Gasteiger partial charge on any atom is 0.278 e. The maximum absolute atomic E-state index is 11.4. The second-order valence-electron chi connectivity index (χ2n) is 7.85. The van der Waals surface area contributed by atoms with Gasteiger partial charge in [0.05, 0.1) is 32.0 Å². The lowest BCUT2D eigenvalue weighted by atomic mass is 10.1. The molecule has 0 bridgehead atoms. The van der Waals surface area contributed by atoms with Crippen molar-refractivity contribution in [2.45, 2.75) is 6.42 Å². The molecule has 0 saturated carbocycles. The zero-order chi connectivity index (χ0) is 22.9. The van der Waals surface area contributed by atoms with Crippen molar-refractivity contribution < 1.29 is 9.85 Å². The molecule has 1 fully saturated rings. The van der Waals surface area contributed by atoms with Crippen LogP contribution in [0.1, 0.15) is 6.42 Å². The first-order chi connectivity index (χ1) is 16.0. The van der Waals surface area contributed by atoms with E-state index in [1.165, 1.54) is 12.1 Å². The number of hydrogen-bond acceptors (Lipinski definition) is 8. The quantitative estimate of drug-likeness (QED) is 0.337. The second kappa shape index (κ2) is 8.30. The first kappa shape index (κ1) is 20.6. The van der Waals surface area contributed by atoms with Crippen molar-refractivity contribution in [2.24, 2.45) is 0 Å². The third-order valence-corrected chi connectivity index (χ3v) is 6.02. The van der Waals surface area contributed by atoms with E-state index in [-0.39, 0.29) is 21.2 Å². The Morgan fingerprint density at radius 3 is 1.55 bits per heavy atom. The van der Waals surface area contributed by atoms with E-state index in [9.17, 15) is 20.2 Å². The molecule has 1 saturated heterocycles. The Morgan fingerprint density at radius 2 is 1.12 bits per heavy atom. The molecule has 10 nitrogen and oxygen atoms in total. The van der Waals surface area contributed by atoms with Crippen molar-refractivity contribution in [3.05, 3.63) is 81.2 Å². The summed E-state index contributed by atoms with van der Waals surface area (Å²) < 4.78 is 0. The average Bonchev–Trinajstić information content (AvgIpc) is 3.08. The number of anilines is 2. The molecule has 0 unspecified atom stereocenters. The van der Waals surface area contributed by atoms with Crippen LogP contribution in [0, 0.1) is 20.2 Å². The molecule has 5 rings (SSSR count). The highest BCUT2D eigenvalue weighted by molar-refractivity contribution is 5.98.